The fourth-order valence-electron chi connectivity index (χ4n) is 3.07. The van der Waals surface area contributed by atoms with E-state index in [0.29, 0.717) is 11.4 Å². The first-order valence-electron chi connectivity index (χ1n) is 9.16. The molecule has 160 valence electrons. The van der Waals surface area contributed by atoms with Crippen LogP contribution in [0.2, 0.25) is 5.02 Å². The average molecular weight is 484 g/mol. The Bertz CT molecular complexity index is 1210. The molecular formula is C21H22ClNO4S3. The highest BCUT2D eigenvalue weighted by molar-refractivity contribution is 7.91. The summed E-state index contributed by atoms with van der Waals surface area (Å²) in [5.41, 5.74) is 0.792. The smallest absolute Gasteiger partial charge is 0.224 e. The lowest BCUT2D eigenvalue weighted by Gasteiger charge is -2.28. The van der Waals surface area contributed by atoms with Crippen molar-refractivity contribution in [3.8, 4) is 0 Å². The van der Waals surface area contributed by atoms with Crippen molar-refractivity contribution in [2.45, 2.75) is 35.7 Å². The normalized spacial score (nSPS) is 13.5. The molecule has 1 unspecified atom stereocenters. The van der Waals surface area contributed by atoms with Crippen LogP contribution < -0.4 is 0 Å². The van der Waals surface area contributed by atoms with Crippen molar-refractivity contribution in [2.24, 2.45) is 0 Å². The van der Waals surface area contributed by atoms with Gasteiger partial charge in [0.1, 0.15) is 0 Å². The maximum atomic E-state index is 13.6. The Morgan fingerprint density at radius 3 is 2.23 bits per heavy atom. The van der Waals surface area contributed by atoms with Crippen LogP contribution in [-0.4, -0.2) is 33.4 Å². The van der Waals surface area contributed by atoms with Gasteiger partial charge in [-0.2, -0.15) is 4.31 Å². The first kappa shape index (κ1) is 23.0. The number of sulfone groups is 1. The van der Waals surface area contributed by atoms with Crippen molar-refractivity contribution in [3.63, 3.8) is 0 Å². The summed E-state index contributed by atoms with van der Waals surface area (Å²) < 4.78 is 52.4. The third-order valence-electron chi connectivity index (χ3n) is 4.66. The summed E-state index contributed by atoms with van der Waals surface area (Å²) in [5.74, 6) is 0. The molecule has 0 saturated carbocycles. The molecular weight excluding hydrogens is 462 g/mol. The highest BCUT2D eigenvalue weighted by Crippen LogP contribution is 2.26. The fraction of sp³-hybridized carbons (Fsp3) is 0.238. The first-order chi connectivity index (χ1) is 14.1. The van der Waals surface area contributed by atoms with Crippen LogP contribution in [0.25, 0.3) is 0 Å². The minimum absolute atomic E-state index is 0.0269. The fourth-order valence-corrected chi connectivity index (χ4v) is 6.43. The second-order valence-electron chi connectivity index (χ2n) is 7.06. The molecule has 0 aliphatic rings. The number of hydrogen-bond donors (Lipinski definition) is 0. The molecule has 0 aliphatic heterocycles. The molecule has 9 heteroatoms. The van der Waals surface area contributed by atoms with Crippen LogP contribution in [0.1, 0.15) is 17.4 Å². The summed E-state index contributed by atoms with van der Waals surface area (Å²) in [6.45, 7) is 2.00. The van der Waals surface area contributed by atoms with E-state index in [1.54, 1.807) is 35.6 Å². The van der Waals surface area contributed by atoms with Gasteiger partial charge in [0.05, 0.1) is 9.79 Å². The van der Waals surface area contributed by atoms with Crippen molar-refractivity contribution in [1.82, 2.24) is 4.31 Å². The van der Waals surface area contributed by atoms with E-state index in [1.165, 1.54) is 28.6 Å². The van der Waals surface area contributed by atoms with Crippen LogP contribution in [0, 0.1) is 0 Å². The Kier molecular flexibility index (Phi) is 7.04. The van der Waals surface area contributed by atoms with E-state index in [0.717, 1.165) is 16.7 Å². The minimum Gasteiger partial charge on any atom is -0.224 e. The van der Waals surface area contributed by atoms with Crippen molar-refractivity contribution in [3.05, 3.63) is 81.5 Å². The van der Waals surface area contributed by atoms with Gasteiger partial charge in [-0.1, -0.05) is 35.9 Å². The third-order valence-corrected chi connectivity index (χ3v) is 8.88. The quantitative estimate of drug-likeness (QED) is 0.468. The number of thiophene rings is 1. The van der Waals surface area contributed by atoms with E-state index >= 15 is 0 Å². The maximum Gasteiger partial charge on any atom is 0.243 e. The number of halogens is 1. The van der Waals surface area contributed by atoms with Crippen molar-refractivity contribution in [1.29, 1.82) is 0 Å². The van der Waals surface area contributed by atoms with Gasteiger partial charge in [-0.15, -0.1) is 11.3 Å². The molecule has 0 amide bonds. The van der Waals surface area contributed by atoms with Gasteiger partial charge < -0.3 is 0 Å². The van der Waals surface area contributed by atoms with Crippen molar-refractivity contribution in [2.75, 3.05) is 6.26 Å². The molecule has 1 atom stereocenters. The van der Waals surface area contributed by atoms with Gasteiger partial charge in [0.25, 0.3) is 0 Å². The van der Waals surface area contributed by atoms with Crippen LogP contribution in [0.15, 0.2) is 75.8 Å². The van der Waals surface area contributed by atoms with Gasteiger partial charge in [-0.05, 0) is 60.7 Å². The molecule has 0 N–H and O–H groups in total. The van der Waals surface area contributed by atoms with Gasteiger partial charge in [0, 0.05) is 28.7 Å². The molecule has 0 radical (unpaired) electrons. The van der Waals surface area contributed by atoms with Crippen LogP contribution in [-0.2, 0) is 32.8 Å². The summed E-state index contributed by atoms with van der Waals surface area (Å²) in [6.07, 6.45) is 1.61. The van der Waals surface area contributed by atoms with E-state index in [9.17, 15) is 16.8 Å². The van der Waals surface area contributed by atoms with Crippen molar-refractivity contribution < 1.29 is 16.8 Å². The summed E-state index contributed by atoms with van der Waals surface area (Å²) in [4.78, 5) is 1.00. The molecule has 1 heterocycles. The lowest BCUT2D eigenvalue weighted by molar-refractivity contribution is 0.329. The Morgan fingerprint density at radius 1 is 0.967 bits per heavy atom. The van der Waals surface area contributed by atoms with Crippen LogP contribution in [0.3, 0.4) is 0 Å². The molecule has 3 rings (SSSR count). The highest BCUT2D eigenvalue weighted by atomic mass is 35.5. The van der Waals surface area contributed by atoms with Gasteiger partial charge >= 0.3 is 0 Å². The Balaban J connectivity index is 2.02. The topological polar surface area (TPSA) is 71.5 Å². The maximum absolute atomic E-state index is 13.6. The van der Waals surface area contributed by atoms with Crippen molar-refractivity contribution >= 4 is 42.8 Å². The van der Waals surface area contributed by atoms with Gasteiger partial charge in [0.15, 0.2) is 9.84 Å². The molecule has 1 aromatic heterocycles. The average Bonchev–Trinajstić information content (AvgIpc) is 3.19. The van der Waals surface area contributed by atoms with Crippen LogP contribution >= 0.6 is 22.9 Å². The second kappa shape index (κ2) is 9.20. The zero-order valence-corrected chi connectivity index (χ0v) is 19.7. The predicted molar refractivity (Wildman–Crippen MR) is 121 cm³/mol. The highest BCUT2D eigenvalue weighted by Gasteiger charge is 2.30. The molecule has 30 heavy (non-hydrogen) atoms. The van der Waals surface area contributed by atoms with Crippen LogP contribution in [0.5, 0.6) is 0 Å². The Labute approximate surface area is 186 Å². The van der Waals surface area contributed by atoms with Crippen LogP contribution in [0.4, 0.5) is 0 Å². The van der Waals surface area contributed by atoms with E-state index in [-0.39, 0.29) is 22.4 Å². The number of hydrogen-bond acceptors (Lipinski definition) is 5. The standard InChI is InChI=1S/C21H22ClNO4S3/c1-16(13-19-5-4-12-28-19)23(15-17-8-10-18(22)11-9-17)30(26,27)21-7-3-6-20(14-21)29(2,24)25/h3-12,14,16H,13,15H2,1-2H3. The molecule has 0 spiro atoms. The second-order valence-corrected chi connectivity index (χ2v) is 12.4. The Hall–Kier alpha value is -1.71. The molecule has 0 saturated heterocycles. The molecule has 0 bridgehead atoms. The zero-order chi connectivity index (χ0) is 21.9. The third kappa shape index (κ3) is 5.50. The number of benzene rings is 2. The summed E-state index contributed by atoms with van der Waals surface area (Å²) in [6, 6.07) is 16.1. The minimum atomic E-state index is -3.95. The lowest BCUT2D eigenvalue weighted by Crippen LogP contribution is -2.39. The lowest BCUT2D eigenvalue weighted by atomic mass is 10.1. The monoisotopic (exact) mass is 483 g/mol. The van der Waals surface area contributed by atoms with Gasteiger partial charge in [0.2, 0.25) is 10.0 Å². The SMILES string of the molecule is CC(Cc1cccs1)N(Cc1ccc(Cl)cc1)S(=O)(=O)c1cccc(S(C)(=O)=O)c1. The van der Waals surface area contributed by atoms with E-state index in [4.69, 9.17) is 11.6 Å². The molecule has 5 nitrogen and oxygen atoms in total. The summed E-state index contributed by atoms with van der Waals surface area (Å²) in [7, 11) is -7.49. The Morgan fingerprint density at radius 2 is 1.63 bits per heavy atom. The zero-order valence-electron chi connectivity index (χ0n) is 16.5. The number of nitrogens with zero attached hydrogens (tertiary/aromatic N) is 1. The summed E-state index contributed by atoms with van der Waals surface area (Å²) in [5, 5.41) is 2.52. The van der Waals surface area contributed by atoms with Gasteiger partial charge in [-0.3, -0.25) is 0 Å². The largest absolute Gasteiger partial charge is 0.243 e. The first-order valence-corrected chi connectivity index (χ1v) is 13.7. The molecule has 2 aromatic carbocycles. The number of sulfonamides is 1. The molecule has 0 aliphatic carbocycles. The van der Waals surface area contributed by atoms with E-state index in [1.807, 2.05) is 24.4 Å². The van der Waals surface area contributed by atoms with Gasteiger partial charge in [-0.25, -0.2) is 16.8 Å². The van der Waals surface area contributed by atoms with E-state index in [2.05, 4.69) is 0 Å². The predicted octanol–water partition coefficient (Wildman–Crippen LogP) is 4.63. The summed E-state index contributed by atoms with van der Waals surface area (Å²) >= 11 is 7.54. The molecule has 0 fully saturated rings. The number of rotatable bonds is 8. The van der Waals surface area contributed by atoms with E-state index < -0.39 is 19.9 Å². The molecule has 3 aromatic rings.